The minimum Gasteiger partial charge on any atom is -0.396 e. The number of rotatable bonds is 6. The summed E-state index contributed by atoms with van der Waals surface area (Å²) in [4.78, 5) is 8.86. The zero-order chi connectivity index (χ0) is 13.7. The molecule has 1 fully saturated rings. The Morgan fingerprint density at radius 1 is 1.26 bits per heavy atom. The molecule has 0 amide bonds. The van der Waals surface area contributed by atoms with Gasteiger partial charge in [-0.25, -0.2) is 9.97 Å². The minimum absolute atomic E-state index is 0.0388. The van der Waals surface area contributed by atoms with Gasteiger partial charge < -0.3 is 15.7 Å². The fourth-order valence-electron chi connectivity index (χ4n) is 2.67. The monoisotopic (exact) mass is 264 g/mol. The number of nitrogens with one attached hydrogen (secondary N) is 2. The molecule has 0 radical (unpaired) electrons. The summed E-state index contributed by atoms with van der Waals surface area (Å²) in [5, 5.41) is 16.0. The van der Waals surface area contributed by atoms with Crippen molar-refractivity contribution in [3.05, 3.63) is 11.9 Å². The maximum atomic E-state index is 9.61. The molecular formula is C14H24N4O. The van der Waals surface area contributed by atoms with E-state index in [1.165, 1.54) is 12.8 Å². The summed E-state index contributed by atoms with van der Waals surface area (Å²) in [5.74, 6) is 2.51. The lowest BCUT2D eigenvalue weighted by molar-refractivity contribution is 0.142. The quantitative estimate of drug-likeness (QED) is 0.733. The van der Waals surface area contributed by atoms with Crippen LogP contribution in [0.1, 0.15) is 38.4 Å². The highest BCUT2D eigenvalue weighted by Crippen LogP contribution is 2.37. The second kappa shape index (κ2) is 6.19. The summed E-state index contributed by atoms with van der Waals surface area (Å²) < 4.78 is 0. The van der Waals surface area contributed by atoms with E-state index in [4.69, 9.17) is 0 Å². The molecule has 3 N–H and O–H groups in total. The highest BCUT2D eigenvalue weighted by Gasteiger charge is 2.33. The van der Waals surface area contributed by atoms with Crippen molar-refractivity contribution in [1.29, 1.82) is 0 Å². The van der Waals surface area contributed by atoms with Gasteiger partial charge in [0.15, 0.2) is 0 Å². The van der Waals surface area contributed by atoms with Crippen molar-refractivity contribution < 1.29 is 5.11 Å². The topological polar surface area (TPSA) is 70.1 Å². The molecule has 106 valence electrons. The van der Waals surface area contributed by atoms with Crippen LogP contribution in [-0.2, 0) is 6.42 Å². The minimum atomic E-state index is 0.0388. The van der Waals surface area contributed by atoms with Gasteiger partial charge in [0.25, 0.3) is 0 Å². The molecule has 0 spiro atoms. The number of hydrogen-bond donors (Lipinski definition) is 3. The van der Waals surface area contributed by atoms with Gasteiger partial charge in [0.1, 0.15) is 17.5 Å². The Morgan fingerprint density at radius 2 is 1.95 bits per heavy atom. The van der Waals surface area contributed by atoms with E-state index >= 15 is 0 Å². The third-order valence-corrected chi connectivity index (χ3v) is 3.99. The third-order valence-electron chi connectivity index (χ3n) is 3.99. The number of aliphatic hydroxyl groups is 1. The van der Waals surface area contributed by atoms with Gasteiger partial charge in [-0.1, -0.05) is 19.8 Å². The fourth-order valence-corrected chi connectivity index (χ4v) is 2.67. The number of aromatic nitrogens is 2. The molecule has 1 aromatic heterocycles. The van der Waals surface area contributed by atoms with Crippen LogP contribution in [0.5, 0.6) is 0 Å². The highest BCUT2D eigenvalue weighted by molar-refractivity contribution is 5.47. The summed E-state index contributed by atoms with van der Waals surface area (Å²) in [7, 11) is 1.86. The Balaban J connectivity index is 2.06. The third kappa shape index (κ3) is 3.35. The van der Waals surface area contributed by atoms with Crippen molar-refractivity contribution in [1.82, 2.24) is 9.97 Å². The molecule has 1 aromatic rings. The molecule has 0 bridgehead atoms. The van der Waals surface area contributed by atoms with Crippen LogP contribution in [0, 0.1) is 5.41 Å². The van der Waals surface area contributed by atoms with Crippen molar-refractivity contribution in [2.75, 3.05) is 30.8 Å². The lowest BCUT2D eigenvalue weighted by Gasteiger charge is -2.27. The Morgan fingerprint density at radius 3 is 2.53 bits per heavy atom. The van der Waals surface area contributed by atoms with Crippen molar-refractivity contribution >= 4 is 11.6 Å². The summed E-state index contributed by atoms with van der Waals surface area (Å²) >= 11 is 0. The second-order valence-corrected chi connectivity index (χ2v) is 5.38. The zero-order valence-corrected chi connectivity index (χ0v) is 11.9. The van der Waals surface area contributed by atoms with E-state index in [0.717, 1.165) is 43.3 Å². The van der Waals surface area contributed by atoms with E-state index in [2.05, 4.69) is 20.6 Å². The van der Waals surface area contributed by atoms with E-state index in [1.54, 1.807) is 0 Å². The van der Waals surface area contributed by atoms with E-state index in [0.29, 0.717) is 0 Å². The maximum Gasteiger partial charge on any atom is 0.132 e. The van der Waals surface area contributed by atoms with Crippen molar-refractivity contribution in [2.24, 2.45) is 5.41 Å². The van der Waals surface area contributed by atoms with Crippen LogP contribution in [0.4, 0.5) is 11.6 Å². The first kappa shape index (κ1) is 14.1. The first-order valence-electron chi connectivity index (χ1n) is 7.12. The Kier molecular flexibility index (Phi) is 4.58. The number of nitrogens with zero attached hydrogens (tertiary/aromatic N) is 2. The molecule has 0 aromatic carbocycles. The van der Waals surface area contributed by atoms with E-state index < -0.39 is 0 Å². The molecule has 19 heavy (non-hydrogen) atoms. The second-order valence-electron chi connectivity index (χ2n) is 5.38. The molecule has 0 unspecified atom stereocenters. The van der Waals surface area contributed by atoms with Crippen LogP contribution in [0.3, 0.4) is 0 Å². The Hall–Kier alpha value is -1.36. The van der Waals surface area contributed by atoms with Crippen LogP contribution in [0.25, 0.3) is 0 Å². The maximum absolute atomic E-state index is 9.61. The largest absolute Gasteiger partial charge is 0.396 e. The van der Waals surface area contributed by atoms with Crippen molar-refractivity contribution in [2.45, 2.75) is 39.0 Å². The molecule has 5 nitrogen and oxygen atoms in total. The van der Waals surface area contributed by atoms with Crippen molar-refractivity contribution in [3.8, 4) is 0 Å². The van der Waals surface area contributed by atoms with Gasteiger partial charge >= 0.3 is 0 Å². The Labute approximate surface area is 114 Å². The summed E-state index contributed by atoms with van der Waals surface area (Å²) in [6.07, 6.45) is 5.44. The lowest BCUT2D eigenvalue weighted by atomic mass is 9.87. The predicted molar refractivity (Wildman–Crippen MR) is 77.4 cm³/mol. The van der Waals surface area contributed by atoms with Crippen LogP contribution >= 0.6 is 0 Å². The summed E-state index contributed by atoms with van der Waals surface area (Å²) in [6.45, 7) is 3.09. The molecule has 1 heterocycles. The standard InChI is InChI=1S/C14H24N4O/c1-3-11-17-12(15-2)8-13(18-11)16-9-14(10-19)6-4-5-7-14/h8,19H,3-7,9-10H2,1-2H3,(H2,15,16,17,18). The molecule has 1 aliphatic rings. The molecule has 0 atom stereocenters. The smallest absolute Gasteiger partial charge is 0.132 e. The van der Waals surface area contributed by atoms with Crippen LogP contribution in [-0.4, -0.2) is 35.3 Å². The van der Waals surface area contributed by atoms with Gasteiger partial charge in [-0.3, -0.25) is 0 Å². The van der Waals surface area contributed by atoms with Crippen LogP contribution in [0.15, 0.2) is 6.07 Å². The average Bonchev–Trinajstić information content (AvgIpc) is 2.94. The van der Waals surface area contributed by atoms with Gasteiger partial charge in [-0.2, -0.15) is 0 Å². The number of hydrogen-bond acceptors (Lipinski definition) is 5. The molecule has 5 heteroatoms. The summed E-state index contributed by atoms with van der Waals surface area (Å²) in [6, 6.07) is 1.92. The first-order valence-corrected chi connectivity index (χ1v) is 7.12. The van der Waals surface area contributed by atoms with Crippen LogP contribution < -0.4 is 10.6 Å². The van der Waals surface area contributed by atoms with E-state index in [9.17, 15) is 5.11 Å². The molecule has 0 saturated heterocycles. The number of aryl methyl sites for hydroxylation is 1. The summed E-state index contributed by atoms with van der Waals surface area (Å²) in [5.41, 5.74) is 0.0388. The van der Waals surface area contributed by atoms with Gasteiger partial charge in [0, 0.05) is 31.5 Å². The average molecular weight is 264 g/mol. The lowest BCUT2D eigenvalue weighted by Crippen LogP contribution is -2.30. The van der Waals surface area contributed by atoms with Gasteiger partial charge in [-0.05, 0) is 12.8 Å². The van der Waals surface area contributed by atoms with Gasteiger partial charge in [0.2, 0.25) is 0 Å². The van der Waals surface area contributed by atoms with Gasteiger partial charge in [0.05, 0.1) is 6.61 Å². The SMILES string of the molecule is CCc1nc(NC)cc(NCC2(CO)CCCC2)n1. The first-order chi connectivity index (χ1) is 9.21. The van der Waals surface area contributed by atoms with Crippen LogP contribution in [0.2, 0.25) is 0 Å². The molecule has 1 saturated carbocycles. The molecule has 2 rings (SSSR count). The zero-order valence-electron chi connectivity index (χ0n) is 11.9. The van der Waals surface area contributed by atoms with E-state index in [-0.39, 0.29) is 12.0 Å². The number of anilines is 2. The fraction of sp³-hybridized carbons (Fsp3) is 0.714. The molecule has 1 aliphatic carbocycles. The van der Waals surface area contributed by atoms with Gasteiger partial charge in [-0.15, -0.1) is 0 Å². The molecular weight excluding hydrogens is 240 g/mol. The van der Waals surface area contributed by atoms with Crippen molar-refractivity contribution in [3.63, 3.8) is 0 Å². The van der Waals surface area contributed by atoms with E-state index in [1.807, 2.05) is 20.0 Å². The highest BCUT2D eigenvalue weighted by atomic mass is 16.3. The predicted octanol–water partition coefficient (Wildman–Crippen LogP) is 2.05. The Bertz CT molecular complexity index is 394. The number of aliphatic hydroxyl groups excluding tert-OH is 1. The normalized spacial score (nSPS) is 17.4. The molecule has 0 aliphatic heterocycles.